The summed E-state index contributed by atoms with van der Waals surface area (Å²) in [6, 6.07) is 16.1. The van der Waals surface area contributed by atoms with Gasteiger partial charge in [-0.05, 0) is 43.6 Å². The second-order valence-corrected chi connectivity index (χ2v) is 9.04. The molecule has 0 unspecified atom stereocenters. The highest BCUT2D eigenvalue weighted by Gasteiger charge is 2.26. The number of aryl methyl sites for hydroxylation is 2. The lowest BCUT2D eigenvalue weighted by atomic mass is 10.2. The predicted octanol–water partition coefficient (Wildman–Crippen LogP) is 6.10. The average Bonchev–Trinajstić information content (AvgIpc) is 2.58. The predicted molar refractivity (Wildman–Crippen MR) is 107 cm³/mol. The van der Waals surface area contributed by atoms with Gasteiger partial charge in [0.05, 0.1) is 0 Å². The molecule has 24 heavy (non-hydrogen) atoms. The van der Waals surface area contributed by atoms with Crippen LogP contribution in [0.1, 0.15) is 50.2 Å². The maximum absolute atomic E-state index is 14.1. The number of hydrogen-bond donors (Lipinski definition) is 0. The van der Waals surface area contributed by atoms with Crippen LogP contribution in [0.4, 0.5) is 0 Å². The summed E-state index contributed by atoms with van der Waals surface area (Å²) in [5.74, 6) is 1.99. The van der Waals surface area contributed by atoms with Crippen molar-refractivity contribution < 1.29 is 4.57 Å². The van der Waals surface area contributed by atoms with Crippen molar-refractivity contribution in [2.75, 3.05) is 0 Å². The molecule has 0 radical (unpaired) electrons. The summed E-state index contributed by atoms with van der Waals surface area (Å²) in [5, 5.41) is 1.92. The molecule has 0 aliphatic carbocycles. The lowest BCUT2D eigenvalue weighted by molar-refractivity contribution is 0.592. The zero-order valence-corrected chi connectivity index (χ0v) is 16.1. The molecule has 1 nitrogen and oxygen atoms in total. The first-order valence-corrected chi connectivity index (χ1v) is 10.8. The Morgan fingerprint density at radius 3 is 1.88 bits per heavy atom. The summed E-state index contributed by atoms with van der Waals surface area (Å²) in [4.78, 5) is 0. The lowest BCUT2D eigenvalue weighted by Crippen LogP contribution is -2.18. The van der Waals surface area contributed by atoms with E-state index in [2.05, 4.69) is 39.0 Å². The van der Waals surface area contributed by atoms with Crippen LogP contribution < -0.4 is 10.6 Å². The number of unbranched alkanes of at least 4 members (excludes halogenated alkanes) is 4. The van der Waals surface area contributed by atoms with Gasteiger partial charge in [0.2, 0.25) is 0 Å². The van der Waals surface area contributed by atoms with Gasteiger partial charge in [-0.1, -0.05) is 80.8 Å². The molecule has 0 saturated carbocycles. The molecular weight excluding hydrogens is 311 g/mol. The van der Waals surface area contributed by atoms with Crippen molar-refractivity contribution >= 4 is 17.8 Å². The number of allylic oxidation sites excluding steroid dienone is 1. The second kappa shape index (κ2) is 9.04. The van der Waals surface area contributed by atoms with Gasteiger partial charge in [0.25, 0.3) is 0 Å². The van der Waals surface area contributed by atoms with E-state index in [1.54, 1.807) is 0 Å². The standard InChI is InChI=1S/C22H29OP/c1-4-5-6-7-8-13-18-24(23,21-16-11-9-14-19(21)2)22-17-12-10-15-20(22)3/h9-18H,4-8H2,1-3H3/b18-13+. The SMILES string of the molecule is CCCCCC/C=C/P(=O)(c1ccccc1C)c1ccccc1C. The molecule has 2 rings (SSSR count). The van der Waals surface area contributed by atoms with Crippen LogP contribution in [0.3, 0.4) is 0 Å². The van der Waals surface area contributed by atoms with Crippen molar-refractivity contribution in [1.29, 1.82) is 0 Å². The number of rotatable bonds is 8. The van der Waals surface area contributed by atoms with Crippen LogP contribution in [0.15, 0.2) is 60.4 Å². The molecule has 0 saturated heterocycles. The fourth-order valence-electron chi connectivity index (χ4n) is 3.07. The molecule has 0 bridgehead atoms. The van der Waals surface area contributed by atoms with E-state index >= 15 is 0 Å². The maximum atomic E-state index is 14.1. The van der Waals surface area contributed by atoms with Gasteiger partial charge in [0, 0.05) is 10.6 Å². The van der Waals surface area contributed by atoms with E-state index in [1.807, 2.05) is 42.2 Å². The third-order valence-corrected chi connectivity index (χ3v) is 7.55. The molecule has 0 amide bonds. The largest absolute Gasteiger partial charge is 0.309 e. The molecular formula is C22H29OP. The Morgan fingerprint density at radius 2 is 1.38 bits per heavy atom. The zero-order chi connectivity index (χ0) is 17.4. The first-order valence-electron chi connectivity index (χ1n) is 8.99. The van der Waals surface area contributed by atoms with Crippen LogP contribution in [-0.4, -0.2) is 0 Å². The summed E-state index contributed by atoms with van der Waals surface area (Å²) >= 11 is 0. The minimum atomic E-state index is -2.74. The maximum Gasteiger partial charge on any atom is 0.164 e. The molecule has 0 aromatic heterocycles. The molecule has 2 aromatic rings. The number of hydrogen-bond acceptors (Lipinski definition) is 1. The summed E-state index contributed by atoms with van der Waals surface area (Å²) in [6.45, 7) is 6.32. The first kappa shape index (κ1) is 18.7. The Bertz CT molecular complexity index is 681. The molecule has 0 N–H and O–H groups in total. The van der Waals surface area contributed by atoms with Gasteiger partial charge in [-0.2, -0.15) is 0 Å². The van der Waals surface area contributed by atoms with E-state index in [9.17, 15) is 4.57 Å². The Labute approximate surface area is 147 Å². The van der Waals surface area contributed by atoms with E-state index in [-0.39, 0.29) is 0 Å². The highest BCUT2D eigenvalue weighted by molar-refractivity contribution is 7.81. The van der Waals surface area contributed by atoms with Gasteiger partial charge in [-0.15, -0.1) is 0 Å². The topological polar surface area (TPSA) is 17.1 Å². The van der Waals surface area contributed by atoms with Crippen LogP contribution >= 0.6 is 7.14 Å². The van der Waals surface area contributed by atoms with Crippen molar-refractivity contribution in [3.8, 4) is 0 Å². The molecule has 2 heteroatoms. The van der Waals surface area contributed by atoms with Crippen molar-refractivity contribution in [2.24, 2.45) is 0 Å². The lowest BCUT2D eigenvalue weighted by Gasteiger charge is -2.19. The minimum Gasteiger partial charge on any atom is -0.309 e. The van der Waals surface area contributed by atoms with Gasteiger partial charge < -0.3 is 4.57 Å². The fourth-order valence-corrected chi connectivity index (χ4v) is 5.91. The second-order valence-electron chi connectivity index (χ2n) is 6.47. The molecule has 0 heterocycles. The van der Waals surface area contributed by atoms with Gasteiger partial charge in [-0.25, -0.2) is 0 Å². The third kappa shape index (κ3) is 4.48. The monoisotopic (exact) mass is 340 g/mol. The summed E-state index contributed by atoms with van der Waals surface area (Å²) < 4.78 is 14.1. The van der Waals surface area contributed by atoms with Crippen LogP contribution in [0, 0.1) is 13.8 Å². The van der Waals surface area contributed by atoms with Gasteiger partial charge >= 0.3 is 0 Å². The van der Waals surface area contributed by atoms with Crippen molar-refractivity contribution in [3.05, 3.63) is 71.6 Å². The van der Waals surface area contributed by atoms with Gasteiger partial charge in [-0.3, -0.25) is 0 Å². The van der Waals surface area contributed by atoms with E-state index in [1.165, 1.54) is 25.7 Å². The normalized spacial score (nSPS) is 12.0. The molecule has 0 atom stereocenters. The fraction of sp³-hybridized carbons (Fsp3) is 0.364. The van der Waals surface area contributed by atoms with Crippen LogP contribution in [0.5, 0.6) is 0 Å². The van der Waals surface area contributed by atoms with Crippen LogP contribution in [0.25, 0.3) is 0 Å². The van der Waals surface area contributed by atoms with E-state index < -0.39 is 7.14 Å². The summed E-state index contributed by atoms with van der Waals surface area (Å²) in [5.41, 5.74) is 2.19. The van der Waals surface area contributed by atoms with Gasteiger partial charge in [0.1, 0.15) is 0 Å². The zero-order valence-electron chi connectivity index (χ0n) is 15.2. The first-order chi connectivity index (χ1) is 11.6. The minimum absolute atomic E-state index is 0.962. The van der Waals surface area contributed by atoms with E-state index in [0.717, 1.165) is 28.2 Å². The number of benzene rings is 2. The van der Waals surface area contributed by atoms with Crippen molar-refractivity contribution in [3.63, 3.8) is 0 Å². The summed E-state index contributed by atoms with van der Waals surface area (Å²) in [6.07, 6.45) is 8.08. The van der Waals surface area contributed by atoms with Crippen molar-refractivity contribution in [2.45, 2.75) is 52.9 Å². The quantitative estimate of drug-likeness (QED) is 0.419. The Balaban J connectivity index is 2.36. The average molecular weight is 340 g/mol. The highest BCUT2D eigenvalue weighted by Crippen LogP contribution is 2.46. The van der Waals surface area contributed by atoms with Crippen LogP contribution in [-0.2, 0) is 4.57 Å². The molecule has 0 fully saturated rings. The highest BCUT2D eigenvalue weighted by atomic mass is 31.2. The van der Waals surface area contributed by atoms with E-state index in [0.29, 0.717) is 0 Å². The molecule has 0 aliphatic rings. The van der Waals surface area contributed by atoms with Gasteiger partial charge in [0.15, 0.2) is 7.14 Å². The molecule has 2 aromatic carbocycles. The Morgan fingerprint density at radius 1 is 0.833 bits per heavy atom. The van der Waals surface area contributed by atoms with Crippen molar-refractivity contribution in [1.82, 2.24) is 0 Å². The van der Waals surface area contributed by atoms with Crippen LogP contribution in [0.2, 0.25) is 0 Å². The molecule has 128 valence electrons. The third-order valence-electron chi connectivity index (χ3n) is 4.49. The Hall–Kier alpha value is -1.59. The Kier molecular flexibility index (Phi) is 7.06. The van der Waals surface area contributed by atoms with E-state index in [4.69, 9.17) is 0 Å². The summed E-state index contributed by atoms with van der Waals surface area (Å²) in [7, 11) is -2.74. The molecule has 0 spiro atoms. The molecule has 0 aliphatic heterocycles. The smallest absolute Gasteiger partial charge is 0.164 e.